The third kappa shape index (κ3) is 2.42. The van der Waals surface area contributed by atoms with Crippen molar-refractivity contribution >= 4 is 11.9 Å². The van der Waals surface area contributed by atoms with Gasteiger partial charge in [0.05, 0.1) is 6.42 Å². The third-order valence-corrected chi connectivity index (χ3v) is 2.40. The number of hydrogen-bond acceptors (Lipinski definition) is 3. The lowest BCUT2D eigenvalue weighted by Gasteiger charge is -2.12. The van der Waals surface area contributed by atoms with E-state index in [0.717, 1.165) is 0 Å². The van der Waals surface area contributed by atoms with Crippen LogP contribution in [0.5, 0.6) is 0 Å². The number of rotatable bonds is 3. The smallest absolute Gasteiger partial charge is 0.320 e. The number of carboxylic acid groups (broad SMARTS) is 2. The number of nitrogens with one attached hydrogen (secondary N) is 1. The van der Waals surface area contributed by atoms with Gasteiger partial charge in [-0.25, -0.2) is 0 Å². The van der Waals surface area contributed by atoms with Crippen LogP contribution in [-0.4, -0.2) is 34.2 Å². The first-order valence-corrected chi connectivity index (χ1v) is 4.21. The fourth-order valence-corrected chi connectivity index (χ4v) is 1.65. The second-order valence-electron chi connectivity index (χ2n) is 3.47. The van der Waals surface area contributed by atoms with Gasteiger partial charge in [0.25, 0.3) is 0 Å². The van der Waals surface area contributed by atoms with Crippen molar-refractivity contribution in [3.63, 3.8) is 0 Å². The average Bonchev–Trinajstić information content (AvgIpc) is 2.31. The van der Waals surface area contributed by atoms with Gasteiger partial charge in [-0.2, -0.15) is 0 Å². The second kappa shape index (κ2) is 3.74. The van der Waals surface area contributed by atoms with Gasteiger partial charge >= 0.3 is 11.9 Å². The molecular formula is C8H13NO4. The molecule has 1 aliphatic rings. The summed E-state index contributed by atoms with van der Waals surface area (Å²) in [4.78, 5) is 21.0. The largest absolute Gasteiger partial charge is 0.481 e. The van der Waals surface area contributed by atoms with Crippen molar-refractivity contribution in [1.29, 1.82) is 0 Å². The van der Waals surface area contributed by atoms with Crippen molar-refractivity contribution in [1.82, 2.24) is 5.32 Å². The van der Waals surface area contributed by atoms with Gasteiger partial charge in [0.15, 0.2) is 0 Å². The maximum Gasteiger partial charge on any atom is 0.320 e. The molecule has 13 heavy (non-hydrogen) atoms. The van der Waals surface area contributed by atoms with Gasteiger partial charge in [0, 0.05) is 6.04 Å². The van der Waals surface area contributed by atoms with E-state index in [0.29, 0.717) is 6.42 Å². The SMILES string of the molecule is C[C@@H]1C[C@@H](C(=O)O)N[C@@H]1CC(=O)O. The van der Waals surface area contributed by atoms with E-state index in [1.54, 1.807) is 0 Å². The lowest BCUT2D eigenvalue weighted by Crippen LogP contribution is -2.37. The van der Waals surface area contributed by atoms with E-state index in [-0.39, 0.29) is 18.4 Å². The zero-order valence-corrected chi connectivity index (χ0v) is 7.36. The molecule has 1 aliphatic heterocycles. The summed E-state index contributed by atoms with van der Waals surface area (Å²) in [5.41, 5.74) is 0. The van der Waals surface area contributed by atoms with Crippen LogP contribution in [-0.2, 0) is 9.59 Å². The molecule has 0 radical (unpaired) electrons. The van der Waals surface area contributed by atoms with E-state index in [4.69, 9.17) is 10.2 Å². The van der Waals surface area contributed by atoms with Crippen LogP contribution in [0.15, 0.2) is 0 Å². The van der Waals surface area contributed by atoms with Crippen LogP contribution in [0.4, 0.5) is 0 Å². The Kier molecular flexibility index (Phi) is 2.87. The predicted molar refractivity (Wildman–Crippen MR) is 44.4 cm³/mol. The molecule has 0 aromatic carbocycles. The molecule has 0 aromatic rings. The molecule has 0 bridgehead atoms. The number of hydrogen-bond donors (Lipinski definition) is 3. The minimum atomic E-state index is -0.903. The quantitative estimate of drug-likeness (QED) is 0.575. The fraction of sp³-hybridized carbons (Fsp3) is 0.750. The third-order valence-electron chi connectivity index (χ3n) is 2.40. The molecule has 0 saturated carbocycles. The first-order chi connectivity index (χ1) is 6.00. The highest BCUT2D eigenvalue weighted by molar-refractivity contribution is 5.74. The molecule has 5 nitrogen and oxygen atoms in total. The van der Waals surface area contributed by atoms with Crippen molar-refractivity contribution in [2.75, 3.05) is 0 Å². The van der Waals surface area contributed by atoms with Crippen LogP contribution < -0.4 is 5.32 Å². The molecule has 3 N–H and O–H groups in total. The highest BCUT2D eigenvalue weighted by Crippen LogP contribution is 2.22. The molecule has 0 unspecified atom stereocenters. The van der Waals surface area contributed by atoms with E-state index in [2.05, 4.69) is 5.32 Å². The molecule has 1 saturated heterocycles. The van der Waals surface area contributed by atoms with Crippen molar-refractivity contribution < 1.29 is 19.8 Å². The standard InChI is InChI=1S/C8H13NO4/c1-4-2-6(8(12)13)9-5(4)3-7(10)11/h4-6,9H,2-3H2,1H3,(H,10,11)(H,12,13)/t4-,5-,6+/m1/s1. The number of carbonyl (C=O) groups is 2. The molecule has 1 rings (SSSR count). The molecule has 0 aromatic heterocycles. The van der Waals surface area contributed by atoms with E-state index in [1.165, 1.54) is 0 Å². The minimum absolute atomic E-state index is 0.00898. The Morgan fingerprint density at radius 3 is 2.46 bits per heavy atom. The lowest BCUT2D eigenvalue weighted by atomic mass is 9.99. The Balaban J connectivity index is 2.51. The Morgan fingerprint density at radius 2 is 2.08 bits per heavy atom. The van der Waals surface area contributed by atoms with E-state index >= 15 is 0 Å². The van der Waals surface area contributed by atoms with Gasteiger partial charge < -0.3 is 15.5 Å². The summed E-state index contributed by atoms with van der Waals surface area (Å²) in [7, 11) is 0. The van der Waals surface area contributed by atoms with Crippen LogP contribution >= 0.6 is 0 Å². The van der Waals surface area contributed by atoms with E-state index in [1.807, 2.05) is 6.92 Å². The fourth-order valence-electron chi connectivity index (χ4n) is 1.65. The van der Waals surface area contributed by atoms with Crippen molar-refractivity contribution in [2.24, 2.45) is 5.92 Å². The Bertz CT molecular complexity index is 228. The summed E-state index contributed by atoms with van der Waals surface area (Å²) in [5, 5.41) is 20.0. The van der Waals surface area contributed by atoms with Crippen molar-refractivity contribution in [2.45, 2.75) is 31.8 Å². The van der Waals surface area contributed by atoms with Gasteiger partial charge in [-0.05, 0) is 12.3 Å². The van der Waals surface area contributed by atoms with Crippen molar-refractivity contribution in [3.8, 4) is 0 Å². The molecule has 1 fully saturated rings. The maximum absolute atomic E-state index is 10.6. The monoisotopic (exact) mass is 187 g/mol. The van der Waals surface area contributed by atoms with Gasteiger partial charge in [0.1, 0.15) is 6.04 Å². The zero-order chi connectivity index (χ0) is 10.0. The summed E-state index contributed by atoms with van der Waals surface area (Å²) in [6.07, 6.45) is 0.498. The molecule has 0 amide bonds. The lowest BCUT2D eigenvalue weighted by molar-refractivity contribution is -0.140. The van der Waals surface area contributed by atoms with Crippen LogP contribution in [0.3, 0.4) is 0 Å². The molecule has 0 spiro atoms. The van der Waals surface area contributed by atoms with E-state index < -0.39 is 18.0 Å². The Labute approximate surface area is 75.7 Å². The average molecular weight is 187 g/mol. The zero-order valence-electron chi connectivity index (χ0n) is 7.36. The molecule has 3 atom stereocenters. The van der Waals surface area contributed by atoms with Gasteiger partial charge in [-0.3, -0.25) is 9.59 Å². The summed E-state index contributed by atoms with van der Waals surface area (Å²) in [5.74, 6) is -1.69. The molecule has 74 valence electrons. The summed E-state index contributed by atoms with van der Waals surface area (Å²) >= 11 is 0. The van der Waals surface area contributed by atoms with Crippen molar-refractivity contribution in [3.05, 3.63) is 0 Å². The Hall–Kier alpha value is -1.10. The van der Waals surface area contributed by atoms with E-state index in [9.17, 15) is 9.59 Å². The molecule has 1 heterocycles. The van der Waals surface area contributed by atoms with Gasteiger partial charge in [-0.15, -0.1) is 0 Å². The van der Waals surface area contributed by atoms with Crippen LogP contribution in [0.25, 0.3) is 0 Å². The van der Waals surface area contributed by atoms with Crippen LogP contribution in [0.1, 0.15) is 19.8 Å². The van der Waals surface area contributed by atoms with Gasteiger partial charge in [0.2, 0.25) is 0 Å². The maximum atomic E-state index is 10.6. The summed E-state index contributed by atoms with van der Waals surface area (Å²) in [6.45, 7) is 1.86. The second-order valence-corrected chi connectivity index (χ2v) is 3.47. The molecular weight excluding hydrogens is 174 g/mol. The van der Waals surface area contributed by atoms with Crippen LogP contribution in [0, 0.1) is 5.92 Å². The first-order valence-electron chi connectivity index (χ1n) is 4.21. The highest BCUT2D eigenvalue weighted by atomic mass is 16.4. The Morgan fingerprint density at radius 1 is 1.46 bits per heavy atom. The molecule has 0 aliphatic carbocycles. The predicted octanol–water partition coefficient (Wildman–Crippen LogP) is -0.0877. The van der Waals surface area contributed by atoms with Gasteiger partial charge in [-0.1, -0.05) is 6.92 Å². The highest BCUT2D eigenvalue weighted by Gasteiger charge is 2.35. The summed E-state index contributed by atoms with van der Waals surface area (Å²) < 4.78 is 0. The first kappa shape index (κ1) is 9.98. The van der Waals surface area contributed by atoms with Crippen LogP contribution in [0.2, 0.25) is 0 Å². The molecule has 5 heteroatoms. The topological polar surface area (TPSA) is 86.6 Å². The normalized spacial score (nSPS) is 33.2. The number of carboxylic acids is 2. The minimum Gasteiger partial charge on any atom is -0.481 e. The summed E-state index contributed by atoms with van der Waals surface area (Å²) in [6, 6.07) is -0.794. The number of aliphatic carboxylic acids is 2.